The Morgan fingerprint density at radius 1 is 1.35 bits per heavy atom. The summed E-state index contributed by atoms with van der Waals surface area (Å²) in [4.78, 5) is 21.7. The van der Waals surface area contributed by atoms with E-state index in [9.17, 15) is 4.79 Å². The minimum Gasteiger partial charge on any atom is -0.379 e. The average molecular weight is 254 g/mol. The van der Waals surface area contributed by atoms with E-state index in [2.05, 4.69) is 0 Å². The normalized spacial score (nSPS) is 21.8. The number of carbonyl (C=O) groups is 1. The molecular weight excluding hydrogens is 240 g/mol. The molecule has 1 fully saturated rings. The molecule has 0 spiro atoms. The van der Waals surface area contributed by atoms with Crippen LogP contribution in [0, 0.1) is 0 Å². The molecule has 4 N–H and O–H groups in total. The fraction of sp³-hybridized carbons (Fsp3) is 0.833. The highest BCUT2D eigenvalue weighted by Gasteiger charge is 2.40. The first-order valence-corrected chi connectivity index (χ1v) is 4.50. The summed E-state index contributed by atoms with van der Waals surface area (Å²) >= 11 is 0. The summed E-state index contributed by atoms with van der Waals surface area (Å²) in [5, 5.41) is 37.2. The molecule has 0 radical (unpaired) electrons. The molecule has 1 heterocycles. The standard InChI is InChI=1S/C6H14N4O7/c1-7(15)5(14)8(2-11)6-9(3-12)17-10(4-13)16-6/h6,11-13,15H,2-4H2,1H3. The second-order valence-corrected chi connectivity index (χ2v) is 2.96. The largest absolute Gasteiger partial charge is 0.379 e. The van der Waals surface area contributed by atoms with E-state index in [0.717, 1.165) is 12.1 Å². The van der Waals surface area contributed by atoms with Crippen molar-refractivity contribution in [3.05, 3.63) is 0 Å². The van der Waals surface area contributed by atoms with E-state index >= 15 is 0 Å². The van der Waals surface area contributed by atoms with Crippen LogP contribution in [0.4, 0.5) is 4.79 Å². The van der Waals surface area contributed by atoms with Gasteiger partial charge in [-0.1, -0.05) is 5.06 Å². The van der Waals surface area contributed by atoms with Crippen LogP contribution in [-0.4, -0.2) is 80.4 Å². The lowest BCUT2D eigenvalue weighted by atomic mass is 10.6. The van der Waals surface area contributed by atoms with Gasteiger partial charge >= 0.3 is 6.03 Å². The quantitative estimate of drug-likeness (QED) is 0.240. The fourth-order valence-corrected chi connectivity index (χ4v) is 1.11. The van der Waals surface area contributed by atoms with Crippen LogP contribution < -0.4 is 0 Å². The molecule has 1 saturated heterocycles. The Balaban J connectivity index is 2.76. The first-order chi connectivity index (χ1) is 8.04. The van der Waals surface area contributed by atoms with Gasteiger partial charge in [-0.25, -0.2) is 14.7 Å². The van der Waals surface area contributed by atoms with Crippen LogP contribution in [0.15, 0.2) is 0 Å². The molecule has 1 unspecified atom stereocenters. The maximum Gasteiger partial charge on any atom is 0.348 e. The summed E-state index contributed by atoms with van der Waals surface area (Å²) in [6.07, 6.45) is -1.32. The van der Waals surface area contributed by atoms with Gasteiger partial charge in [0.2, 0.25) is 6.35 Å². The number of hydroxylamine groups is 6. The van der Waals surface area contributed by atoms with Crippen molar-refractivity contribution < 1.29 is 35.1 Å². The van der Waals surface area contributed by atoms with Crippen LogP contribution in [0.1, 0.15) is 0 Å². The van der Waals surface area contributed by atoms with Gasteiger partial charge in [0.05, 0.1) is 0 Å². The van der Waals surface area contributed by atoms with Crippen molar-refractivity contribution in [1.29, 1.82) is 0 Å². The number of hydrogen-bond acceptors (Lipinski definition) is 9. The summed E-state index contributed by atoms with van der Waals surface area (Å²) < 4.78 is 0. The second kappa shape index (κ2) is 6.04. The van der Waals surface area contributed by atoms with Crippen molar-refractivity contribution >= 4 is 6.03 Å². The van der Waals surface area contributed by atoms with Crippen molar-refractivity contribution in [2.75, 3.05) is 27.2 Å². The Hall–Kier alpha value is -1.05. The molecule has 100 valence electrons. The lowest BCUT2D eigenvalue weighted by Crippen LogP contribution is -2.52. The number of aliphatic hydroxyl groups is 3. The summed E-state index contributed by atoms with van der Waals surface area (Å²) in [6, 6.07) is -0.987. The number of urea groups is 1. The molecule has 1 atom stereocenters. The zero-order valence-electron chi connectivity index (χ0n) is 9.00. The lowest BCUT2D eigenvalue weighted by Gasteiger charge is -2.28. The molecular formula is C6H14N4O7. The van der Waals surface area contributed by atoms with Gasteiger partial charge in [-0.3, -0.25) is 10.1 Å². The third-order valence-electron chi connectivity index (χ3n) is 1.85. The van der Waals surface area contributed by atoms with Crippen LogP contribution in [0.5, 0.6) is 0 Å². The number of nitrogens with zero attached hydrogens (tertiary/aromatic N) is 4. The third kappa shape index (κ3) is 2.99. The molecule has 0 aromatic rings. The highest BCUT2D eigenvalue weighted by molar-refractivity contribution is 5.72. The second-order valence-electron chi connectivity index (χ2n) is 2.96. The summed E-state index contributed by atoms with van der Waals surface area (Å²) in [5.74, 6) is 0. The molecule has 0 aliphatic carbocycles. The monoisotopic (exact) mass is 254 g/mol. The molecule has 1 aliphatic rings. The maximum absolute atomic E-state index is 11.4. The highest BCUT2D eigenvalue weighted by atomic mass is 17.1. The van der Waals surface area contributed by atoms with E-state index in [1.165, 1.54) is 0 Å². The molecule has 0 aromatic carbocycles. The van der Waals surface area contributed by atoms with E-state index in [1.54, 1.807) is 0 Å². The minimum atomic E-state index is -1.32. The lowest BCUT2D eigenvalue weighted by molar-refractivity contribution is -0.381. The Morgan fingerprint density at radius 2 is 2.00 bits per heavy atom. The van der Waals surface area contributed by atoms with Crippen LogP contribution in [-0.2, 0) is 9.78 Å². The average Bonchev–Trinajstić information content (AvgIpc) is 2.73. The Bertz CT molecular complexity index is 265. The maximum atomic E-state index is 11.4. The molecule has 17 heavy (non-hydrogen) atoms. The van der Waals surface area contributed by atoms with Crippen molar-refractivity contribution in [3.8, 4) is 0 Å². The number of aliphatic hydroxyl groups excluding tert-OH is 3. The molecule has 0 bridgehead atoms. The summed E-state index contributed by atoms with van der Waals surface area (Å²) in [5.41, 5.74) is 0. The Kier molecular flexibility index (Phi) is 4.98. The smallest absolute Gasteiger partial charge is 0.348 e. The van der Waals surface area contributed by atoms with Crippen LogP contribution in [0.2, 0.25) is 0 Å². The van der Waals surface area contributed by atoms with Crippen molar-refractivity contribution in [2.24, 2.45) is 0 Å². The first-order valence-electron chi connectivity index (χ1n) is 4.50. The van der Waals surface area contributed by atoms with Gasteiger partial charge in [0, 0.05) is 7.05 Å². The van der Waals surface area contributed by atoms with Gasteiger partial charge in [0.15, 0.2) is 0 Å². The van der Waals surface area contributed by atoms with Crippen molar-refractivity contribution in [3.63, 3.8) is 0 Å². The molecule has 0 aromatic heterocycles. The zero-order chi connectivity index (χ0) is 13.0. The van der Waals surface area contributed by atoms with E-state index in [0.29, 0.717) is 10.1 Å². The van der Waals surface area contributed by atoms with Crippen LogP contribution in [0.25, 0.3) is 0 Å². The predicted molar refractivity (Wildman–Crippen MR) is 47.7 cm³/mol. The van der Waals surface area contributed by atoms with Crippen molar-refractivity contribution in [1.82, 2.24) is 20.3 Å². The van der Waals surface area contributed by atoms with Crippen LogP contribution in [0.3, 0.4) is 0 Å². The summed E-state index contributed by atoms with van der Waals surface area (Å²) in [7, 11) is 1.05. The van der Waals surface area contributed by atoms with E-state index in [4.69, 9.17) is 30.3 Å². The SMILES string of the molecule is CN(O)C(=O)N(CO)C1ON(CO)ON1CO. The van der Waals surface area contributed by atoms with Crippen molar-refractivity contribution in [2.45, 2.75) is 6.35 Å². The van der Waals surface area contributed by atoms with Gasteiger partial charge in [-0.2, -0.15) is 4.94 Å². The van der Waals surface area contributed by atoms with Gasteiger partial charge in [0.1, 0.15) is 20.2 Å². The van der Waals surface area contributed by atoms with Gasteiger partial charge < -0.3 is 15.3 Å². The minimum absolute atomic E-state index is 0.219. The van der Waals surface area contributed by atoms with Crippen LogP contribution >= 0.6 is 0 Å². The molecule has 1 rings (SSSR count). The number of rotatable bonds is 4. The summed E-state index contributed by atoms with van der Waals surface area (Å²) in [6.45, 7) is -2.12. The van der Waals surface area contributed by atoms with Gasteiger partial charge in [-0.15, -0.1) is 0 Å². The Morgan fingerprint density at radius 3 is 2.41 bits per heavy atom. The molecule has 11 nitrogen and oxygen atoms in total. The number of amides is 2. The molecule has 11 heteroatoms. The molecule has 0 saturated carbocycles. The number of carbonyl (C=O) groups excluding carboxylic acids is 1. The third-order valence-corrected chi connectivity index (χ3v) is 1.85. The van der Waals surface area contributed by atoms with E-state index < -0.39 is 32.6 Å². The molecule has 1 aliphatic heterocycles. The first kappa shape index (κ1) is 14.0. The molecule has 2 amide bonds. The topological polar surface area (TPSA) is 129 Å². The number of hydrogen-bond donors (Lipinski definition) is 4. The van der Waals surface area contributed by atoms with E-state index in [-0.39, 0.29) is 5.06 Å². The Labute approximate surface area is 96.0 Å². The van der Waals surface area contributed by atoms with Gasteiger partial charge in [-0.05, 0) is 5.23 Å². The van der Waals surface area contributed by atoms with Gasteiger partial charge in [0.25, 0.3) is 0 Å². The fourth-order valence-electron chi connectivity index (χ4n) is 1.11. The zero-order valence-corrected chi connectivity index (χ0v) is 9.00. The van der Waals surface area contributed by atoms with E-state index in [1.807, 2.05) is 0 Å². The predicted octanol–water partition coefficient (Wildman–Crippen LogP) is -2.74. The highest BCUT2D eigenvalue weighted by Crippen LogP contribution is 2.19.